The summed E-state index contributed by atoms with van der Waals surface area (Å²) < 4.78 is 27.9. The van der Waals surface area contributed by atoms with Crippen molar-refractivity contribution in [2.24, 2.45) is 0 Å². The minimum atomic E-state index is -2.69. The Bertz CT molecular complexity index is 1400. The van der Waals surface area contributed by atoms with E-state index in [1.807, 2.05) is 18.3 Å². The van der Waals surface area contributed by atoms with Crippen molar-refractivity contribution in [1.29, 1.82) is 0 Å². The lowest BCUT2D eigenvalue weighted by Crippen LogP contribution is -2.50. The molecule has 35 heavy (non-hydrogen) atoms. The monoisotopic (exact) mass is 480 g/mol. The first-order chi connectivity index (χ1) is 16.8. The summed E-state index contributed by atoms with van der Waals surface area (Å²) in [6, 6.07) is 3.61. The molecule has 5 heterocycles. The largest absolute Gasteiger partial charge is 0.351 e. The average molecular weight is 481 g/mol. The Kier molecular flexibility index (Phi) is 5.17. The van der Waals surface area contributed by atoms with E-state index in [2.05, 4.69) is 42.6 Å². The normalized spacial score (nSPS) is 19.2. The molecule has 2 aliphatic rings. The fourth-order valence-corrected chi connectivity index (χ4v) is 4.90. The second kappa shape index (κ2) is 8.26. The molecule has 4 aromatic rings. The highest BCUT2D eigenvalue weighted by atomic mass is 19.3. The Labute approximate surface area is 199 Å². The summed E-state index contributed by atoms with van der Waals surface area (Å²) in [4.78, 5) is 27.5. The van der Waals surface area contributed by atoms with E-state index in [4.69, 9.17) is 0 Å². The number of aromatic nitrogens is 5. The molecule has 1 aliphatic heterocycles. The van der Waals surface area contributed by atoms with Crippen LogP contribution in [0.3, 0.4) is 0 Å². The molecule has 4 aromatic heterocycles. The lowest BCUT2D eigenvalue weighted by Gasteiger charge is -2.35. The van der Waals surface area contributed by atoms with Crippen LogP contribution >= 0.6 is 0 Å². The van der Waals surface area contributed by atoms with Crippen LogP contribution in [-0.2, 0) is 0 Å². The smallest absolute Gasteiger partial charge is 0.255 e. The van der Waals surface area contributed by atoms with Gasteiger partial charge in [-0.25, -0.2) is 18.3 Å². The van der Waals surface area contributed by atoms with Crippen molar-refractivity contribution < 1.29 is 13.6 Å². The number of hydrogen-bond donors (Lipinski definition) is 3. The number of nitrogens with zero attached hydrogens (tertiary/aromatic N) is 5. The number of halogens is 2. The molecule has 182 valence electrons. The number of aromatic amines is 1. The van der Waals surface area contributed by atoms with Crippen LogP contribution in [0.25, 0.3) is 27.7 Å². The Morgan fingerprint density at radius 3 is 2.77 bits per heavy atom. The zero-order chi connectivity index (χ0) is 24.2. The van der Waals surface area contributed by atoms with Crippen molar-refractivity contribution in [2.45, 2.75) is 43.7 Å². The van der Waals surface area contributed by atoms with Gasteiger partial charge in [0.25, 0.3) is 11.8 Å². The number of carbonyl (C=O) groups excluding carboxylic acids is 1. The van der Waals surface area contributed by atoms with Gasteiger partial charge in [-0.15, -0.1) is 0 Å². The van der Waals surface area contributed by atoms with Gasteiger partial charge in [-0.1, -0.05) is 0 Å². The third-order valence-corrected chi connectivity index (χ3v) is 6.99. The summed E-state index contributed by atoms with van der Waals surface area (Å²) in [7, 11) is 2.13. The van der Waals surface area contributed by atoms with Gasteiger partial charge in [-0.3, -0.25) is 4.79 Å². The Morgan fingerprint density at radius 1 is 1.20 bits per heavy atom. The SMILES string of the molecule is CN1CCC(Nc2ncc3c(-c4ccn5ncc(C(=O)NC6CC(F)(F)C6)c5c4)c[nH]c3n2)CC1. The van der Waals surface area contributed by atoms with Crippen LogP contribution in [0.15, 0.2) is 36.9 Å². The van der Waals surface area contributed by atoms with Gasteiger partial charge in [0, 0.05) is 54.5 Å². The van der Waals surface area contributed by atoms with E-state index < -0.39 is 17.9 Å². The molecular formula is C24H26F2N8O. The first-order valence-corrected chi connectivity index (χ1v) is 11.8. The summed E-state index contributed by atoms with van der Waals surface area (Å²) >= 11 is 0. The van der Waals surface area contributed by atoms with Crippen molar-refractivity contribution in [3.05, 3.63) is 42.5 Å². The number of carbonyl (C=O) groups is 1. The molecule has 1 saturated heterocycles. The topological polar surface area (TPSA) is 103 Å². The van der Waals surface area contributed by atoms with Gasteiger partial charge in [0.15, 0.2) is 0 Å². The first-order valence-electron chi connectivity index (χ1n) is 11.8. The molecule has 0 unspecified atom stereocenters. The van der Waals surface area contributed by atoms with E-state index in [9.17, 15) is 13.6 Å². The van der Waals surface area contributed by atoms with Gasteiger partial charge < -0.3 is 20.5 Å². The zero-order valence-electron chi connectivity index (χ0n) is 19.3. The third-order valence-electron chi connectivity index (χ3n) is 6.99. The molecule has 0 bridgehead atoms. The minimum absolute atomic E-state index is 0.326. The van der Waals surface area contributed by atoms with Crippen molar-refractivity contribution in [3.63, 3.8) is 0 Å². The van der Waals surface area contributed by atoms with Gasteiger partial charge in [0.2, 0.25) is 5.95 Å². The van der Waals surface area contributed by atoms with Crippen LogP contribution in [0.2, 0.25) is 0 Å². The minimum Gasteiger partial charge on any atom is -0.351 e. The summed E-state index contributed by atoms with van der Waals surface area (Å²) in [5.74, 6) is -2.48. The highest BCUT2D eigenvalue weighted by molar-refractivity contribution is 6.02. The van der Waals surface area contributed by atoms with Crippen molar-refractivity contribution in [3.8, 4) is 11.1 Å². The lowest BCUT2D eigenvalue weighted by molar-refractivity contribution is -0.0901. The molecule has 1 aliphatic carbocycles. The van der Waals surface area contributed by atoms with Gasteiger partial charge in [0.05, 0.1) is 17.3 Å². The number of pyridine rings is 1. The summed E-state index contributed by atoms with van der Waals surface area (Å²) in [6.07, 6.45) is 8.36. The maximum atomic E-state index is 13.1. The van der Waals surface area contributed by atoms with Crippen LogP contribution in [0.4, 0.5) is 14.7 Å². The van der Waals surface area contributed by atoms with Crippen LogP contribution in [0.1, 0.15) is 36.0 Å². The first kappa shape index (κ1) is 21.9. The molecule has 1 saturated carbocycles. The third kappa shape index (κ3) is 4.20. The van der Waals surface area contributed by atoms with Gasteiger partial charge in [-0.05, 0) is 50.7 Å². The molecular weight excluding hydrogens is 454 g/mol. The fraction of sp³-hybridized carbons (Fsp3) is 0.417. The fourth-order valence-electron chi connectivity index (χ4n) is 4.90. The Balaban J connectivity index is 1.24. The Hall–Kier alpha value is -3.60. The summed E-state index contributed by atoms with van der Waals surface area (Å²) in [5.41, 5.74) is 3.44. The van der Waals surface area contributed by atoms with Crippen molar-refractivity contribution in [1.82, 2.24) is 34.8 Å². The standard InChI is InChI=1S/C24H26F2N8O/c1-33-5-3-15(4-6-33)31-23-28-12-18-17(11-27-21(18)32-23)14-2-7-34-20(8-14)19(13-29-34)22(35)30-16-9-24(25,26)10-16/h2,7-8,11-13,15-16H,3-6,9-10H2,1H3,(H,30,35)(H2,27,28,31,32). The molecule has 11 heteroatoms. The van der Waals surface area contributed by atoms with Crippen molar-refractivity contribution in [2.75, 3.05) is 25.5 Å². The van der Waals surface area contributed by atoms with Gasteiger partial charge in [-0.2, -0.15) is 10.1 Å². The molecule has 2 fully saturated rings. The van der Waals surface area contributed by atoms with Crippen LogP contribution in [0, 0.1) is 0 Å². The Morgan fingerprint density at radius 2 is 2.00 bits per heavy atom. The van der Waals surface area contributed by atoms with Gasteiger partial charge >= 0.3 is 0 Å². The van der Waals surface area contributed by atoms with E-state index in [0.717, 1.165) is 48.1 Å². The number of likely N-dealkylation sites (tertiary alicyclic amines) is 1. The summed E-state index contributed by atoms with van der Waals surface area (Å²) in [6.45, 7) is 2.10. The van der Waals surface area contributed by atoms with Gasteiger partial charge in [0.1, 0.15) is 5.65 Å². The predicted molar refractivity (Wildman–Crippen MR) is 128 cm³/mol. The van der Waals surface area contributed by atoms with Crippen LogP contribution < -0.4 is 10.6 Å². The number of anilines is 1. The highest BCUT2D eigenvalue weighted by Gasteiger charge is 2.46. The zero-order valence-corrected chi connectivity index (χ0v) is 19.3. The second-order valence-corrected chi connectivity index (χ2v) is 9.62. The number of nitrogens with one attached hydrogen (secondary N) is 3. The quantitative estimate of drug-likeness (QED) is 0.405. The van der Waals surface area contributed by atoms with E-state index in [-0.39, 0.29) is 12.8 Å². The molecule has 0 atom stereocenters. The van der Waals surface area contributed by atoms with Crippen LogP contribution in [0.5, 0.6) is 0 Å². The maximum Gasteiger partial charge on any atom is 0.255 e. The number of hydrogen-bond acceptors (Lipinski definition) is 6. The molecule has 1 amide bonds. The predicted octanol–water partition coefficient (Wildman–Crippen LogP) is 3.31. The number of H-pyrrole nitrogens is 1. The molecule has 0 radical (unpaired) electrons. The second-order valence-electron chi connectivity index (χ2n) is 9.62. The van der Waals surface area contributed by atoms with Crippen molar-refractivity contribution >= 4 is 28.4 Å². The number of fused-ring (bicyclic) bond motifs is 2. The lowest BCUT2D eigenvalue weighted by atomic mass is 9.88. The number of alkyl halides is 2. The average Bonchev–Trinajstić information content (AvgIpc) is 3.43. The van der Waals surface area contributed by atoms with E-state index >= 15 is 0 Å². The van der Waals surface area contributed by atoms with Crippen LogP contribution in [-0.4, -0.2) is 73.5 Å². The molecule has 9 nitrogen and oxygen atoms in total. The molecule has 3 N–H and O–H groups in total. The number of amides is 1. The van der Waals surface area contributed by atoms with E-state index in [1.165, 1.54) is 6.20 Å². The maximum absolute atomic E-state index is 13.1. The summed E-state index contributed by atoms with van der Waals surface area (Å²) in [5, 5.41) is 11.2. The number of piperidine rings is 1. The molecule has 0 aromatic carbocycles. The van der Waals surface area contributed by atoms with E-state index in [0.29, 0.717) is 23.1 Å². The molecule has 0 spiro atoms. The highest BCUT2D eigenvalue weighted by Crippen LogP contribution is 2.37. The number of rotatable bonds is 5. The van der Waals surface area contributed by atoms with E-state index in [1.54, 1.807) is 16.9 Å². The molecule has 6 rings (SSSR count).